The molecular formula is C12H14F3NO. The van der Waals surface area contributed by atoms with Crippen molar-refractivity contribution >= 4 is 0 Å². The van der Waals surface area contributed by atoms with E-state index in [-0.39, 0.29) is 11.8 Å². The van der Waals surface area contributed by atoms with Gasteiger partial charge in [-0.15, -0.1) is 13.2 Å². The fourth-order valence-electron chi connectivity index (χ4n) is 1.77. The molecule has 2 rings (SSSR count). The van der Waals surface area contributed by atoms with Crippen LogP contribution in [0.4, 0.5) is 13.2 Å². The molecule has 1 fully saturated rings. The van der Waals surface area contributed by atoms with E-state index in [4.69, 9.17) is 5.73 Å². The van der Waals surface area contributed by atoms with Crippen LogP contribution in [0, 0.1) is 5.92 Å². The van der Waals surface area contributed by atoms with E-state index in [1.165, 1.54) is 25.0 Å². The number of nitrogens with two attached hydrogens (primary N) is 1. The summed E-state index contributed by atoms with van der Waals surface area (Å²) in [5.41, 5.74) is 6.80. The van der Waals surface area contributed by atoms with E-state index in [9.17, 15) is 13.2 Å². The zero-order valence-electron chi connectivity index (χ0n) is 9.20. The molecule has 1 atom stereocenters. The lowest BCUT2D eigenvalue weighted by Crippen LogP contribution is -2.17. The highest BCUT2D eigenvalue weighted by Gasteiger charge is 2.31. The molecule has 0 amide bonds. The van der Waals surface area contributed by atoms with Crippen molar-refractivity contribution in [2.24, 2.45) is 11.7 Å². The minimum Gasteiger partial charge on any atom is -0.406 e. The van der Waals surface area contributed by atoms with Crippen molar-refractivity contribution < 1.29 is 17.9 Å². The Morgan fingerprint density at radius 2 is 1.82 bits per heavy atom. The van der Waals surface area contributed by atoms with E-state index >= 15 is 0 Å². The number of hydrogen-bond donors (Lipinski definition) is 1. The Balaban J connectivity index is 1.96. The molecule has 0 radical (unpaired) electrons. The van der Waals surface area contributed by atoms with Gasteiger partial charge in [-0.05, 0) is 30.0 Å². The molecule has 0 heterocycles. The van der Waals surface area contributed by atoms with Gasteiger partial charge in [0.15, 0.2) is 0 Å². The normalized spacial score (nSPS) is 17.9. The molecule has 0 aromatic heterocycles. The van der Waals surface area contributed by atoms with Gasteiger partial charge < -0.3 is 10.5 Å². The van der Waals surface area contributed by atoms with Crippen molar-refractivity contribution in [2.45, 2.75) is 31.7 Å². The van der Waals surface area contributed by atoms with Gasteiger partial charge in [0.1, 0.15) is 5.75 Å². The van der Waals surface area contributed by atoms with E-state index in [1.807, 2.05) is 0 Å². The quantitative estimate of drug-likeness (QED) is 0.882. The van der Waals surface area contributed by atoms with E-state index in [0.29, 0.717) is 5.92 Å². The molecular weight excluding hydrogens is 231 g/mol. The minimum absolute atomic E-state index is 0.0950. The second-order valence-electron chi connectivity index (χ2n) is 4.40. The summed E-state index contributed by atoms with van der Waals surface area (Å²) in [6.07, 6.45) is -1.32. The third-order valence-electron chi connectivity index (χ3n) is 2.83. The first kappa shape index (κ1) is 12.2. The number of benzene rings is 1. The fourth-order valence-corrected chi connectivity index (χ4v) is 1.77. The van der Waals surface area contributed by atoms with Gasteiger partial charge in [0, 0.05) is 6.04 Å². The third-order valence-corrected chi connectivity index (χ3v) is 2.83. The summed E-state index contributed by atoms with van der Waals surface area (Å²) in [5.74, 6) is 0.482. The van der Waals surface area contributed by atoms with Crippen molar-refractivity contribution in [1.82, 2.24) is 0 Å². The summed E-state index contributed by atoms with van der Waals surface area (Å²) in [5, 5.41) is 0. The summed E-state index contributed by atoms with van der Waals surface area (Å²) in [6, 6.07) is 5.69. The lowest BCUT2D eigenvalue weighted by molar-refractivity contribution is -0.274. The monoisotopic (exact) mass is 245 g/mol. The molecule has 1 aliphatic carbocycles. The van der Waals surface area contributed by atoms with Crippen molar-refractivity contribution in [3.63, 3.8) is 0 Å². The highest BCUT2D eigenvalue weighted by Crippen LogP contribution is 2.37. The van der Waals surface area contributed by atoms with Crippen molar-refractivity contribution in [1.29, 1.82) is 0 Å². The molecule has 0 saturated heterocycles. The molecule has 0 spiro atoms. The summed E-state index contributed by atoms with van der Waals surface area (Å²) in [7, 11) is 0. The molecule has 2 nitrogen and oxygen atoms in total. The highest BCUT2D eigenvalue weighted by molar-refractivity contribution is 5.29. The Labute approximate surface area is 97.6 Å². The largest absolute Gasteiger partial charge is 0.573 e. The van der Waals surface area contributed by atoms with Gasteiger partial charge >= 0.3 is 6.36 Å². The van der Waals surface area contributed by atoms with Gasteiger partial charge in [0.2, 0.25) is 0 Å². The van der Waals surface area contributed by atoms with Crippen LogP contribution in [0.2, 0.25) is 0 Å². The van der Waals surface area contributed by atoms with E-state index in [0.717, 1.165) is 12.0 Å². The lowest BCUT2D eigenvalue weighted by Gasteiger charge is -2.13. The molecule has 17 heavy (non-hydrogen) atoms. The molecule has 94 valence electrons. The molecule has 0 aliphatic heterocycles. The Kier molecular flexibility index (Phi) is 3.28. The summed E-state index contributed by atoms with van der Waals surface area (Å²) in [6.45, 7) is 0. The number of ether oxygens (including phenoxy) is 1. The third kappa shape index (κ3) is 3.93. The maximum atomic E-state index is 11.9. The minimum atomic E-state index is -4.64. The van der Waals surface area contributed by atoms with Gasteiger partial charge in [-0.2, -0.15) is 0 Å². The number of halogens is 3. The fraction of sp³-hybridized carbons (Fsp3) is 0.500. The maximum absolute atomic E-state index is 11.9. The molecule has 5 heteroatoms. The van der Waals surface area contributed by atoms with Gasteiger partial charge in [0.05, 0.1) is 0 Å². The van der Waals surface area contributed by atoms with E-state index in [2.05, 4.69) is 4.74 Å². The molecule has 1 aromatic rings. The average molecular weight is 245 g/mol. The molecule has 1 saturated carbocycles. The van der Waals surface area contributed by atoms with Crippen LogP contribution >= 0.6 is 0 Å². The van der Waals surface area contributed by atoms with Crippen molar-refractivity contribution in [3.05, 3.63) is 29.8 Å². The SMILES string of the molecule is N[C@H](CC1CC1)c1ccc(OC(F)(F)F)cc1. The van der Waals surface area contributed by atoms with Crippen LogP contribution in [0.3, 0.4) is 0 Å². The van der Waals surface area contributed by atoms with Gasteiger partial charge in [-0.1, -0.05) is 25.0 Å². The summed E-state index contributed by atoms with van der Waals surface area (Å²) >= 11 is 0. The van der Waals surface area contributed by atoms with Crippen LogP contribution in [0.5, 0.6) is 5.75 Å². The first-order chi connectivity index (χ1) is 7.94. The second-order valence-corrected chi connectivity index (χ2v) is 4.40. The molecule has 1 aliphatic rings. The predicted molar refractivity (Wildman–Crippen MR) is 57.4 cm³/mol. The average Bonchev–Trinajstić information content (AvgIpc) is 3.00. The van der Waals surface area contributed by atoms with E-state index in [1.54, 1.807) is 12.1 Å². The molecule has 2 N–H and O–H groups in total. The van der Waals surface area contributed by atoms with Crippen LogP contribution < -0.4 is 10.5 Å². The zero-order chi connectivity index (χ0) is 12.5. The Morgan fingerprint density at radius 3 is 2.29 bits per heavy atom. The molecule has 0 bridgehead atoms. The van der Waals surface area contributed by atoms with Crippen LogP contribution in [-0.2, 0) is 0 Å². The number of rotatable bonds is 4. The Morgan fingerprint density at radius 1 is 1.24 bits per heavy atom. The zero-order valence-corrected chi connectivity index (χ0v) is 9.20. The van der Waals surface area contributed by atoms with Crippen LogP contribution in [0.15, 0.2) is 24.3 Å². The number of hydrogen-bond acceptors (Lipinski definition) is 2. The second kappa shape index (κ2) is 4.56. The van der Waals surface area contributed by atoms with E-state index < -0.39 is 6.36 Å². The van der Waals surface area contributed by atoms with Crippen molar-refractivity contribution in [2.75, 3.05) is 0 Å². The smallest absolute Gasteiger partial charge is 0.406 e. The maximum Gasteiger partial charge on any atom is 0.573 e. The lowest BCUT2D eigenvalue weighted by atomic mass is 10.0. The van der Waals surface area contributed by atoms with Gasteiger partial charge in [0.25, 0.3) is 0 Å². The topological polar surface area (TPSA) is 35.2 Å². The predicted octanol–water partition coefficient (Wildman–Crippen LogP) is 3.39. The summed E-state index contributed by atoms with van der Waals surface area (Å²) in [4.78, 5) is 0. The highest BCUT2D eigenvalue weighted by atomic mass is 19.4. The molecule has 1 aromatic carbocycles. The number of alkyl halides is 3. The Bertz CT molecular complexity index is 370. The Hall–Kier alpha value is -1.23. The van der Waals surface area contributed by atoms with Crippen LogP contribution in [0.25, 0.3) is 0 Å². The van der Waals surface area contributed by atoms with Gasteiger partial charge in [-0.3, -0.25) is 0 Å². The van der Waals surface area contributed by atoms with Crippen molar-refractivity contribution in [3.8, 4) is 5.75 Å². The van der Waals surface area contributed by atoms with Crippen LogP contribution in [-0.4, -0.2) is 6.36 Å². The molecule has 0 unspecified atom stereocenters. The van der Waals surface area contributed by atoms with Gasteiger partial charge in [-0.25, -0.2) is 0 Å². The first-order valence-corrected chi connectivity index (χ1v) is 5.55. The standard InChI is InChI=1S/C12H14F3NO/c13-12(14,15)17-10-5-3-9(4-6-10)11(16)7-8-1-2-8/h3-6,8,11H,1-2,7,16H2/t11-/m1/s1. The summed E-state index contributed by atoms with van der Waals surface area (Å²) < 4.78 is 39.6. The van der Waals surface area contributed by atoms with Crippen LogP contribution in [0.1, 0.15) is 30.9 Å². The first-order valence-electron chi connectivity index (χ1n) is 5.55.